The van der Waals surface area contributed by atoms with Crippen LogP contribution >= 0.6 is 12.2 Å². The minimum absolute atomic E-state index is 0.0575. The molecule has 0 atom stereocenters. The van der Waals surface area contributed by atoms with Crippen molar-refractivity contribution in [3.05, 3.63) is 74.3 Å². The highest BCUT2D eigenvalue weighted by Gasteiger charge is 2.13. The van der Waals surface area contributed by atoms with E-state index in [1.165, 1.54) is 61.7 Å². The molecule has 0 aliphatic rings. The van der Waals surface area contributed by atoms with Gasteiger partial charge in [0, 0.05) is 30.3 Å². The van der Waals surface area contributed by atoms with Crippen LogP contribution in [0.25, 0.3) is 6.08 Å². The van der Waals surface area contributed by atoms with Crippen LogP contribution in [0, 0.1) is 20.2 Å². The second kappa shape index (κ2) is 9.19. The third-order valence-electron chi connectivity index (χ3n) is 3.41. The predicted molar refractivity (Wildman–Crippen MR) is 106 cm³/mol. The number of carbonyl (C=O) groups is 1. The molecule has 2 aromatic rings. The smallest absolute Gasteiger partial charge is 0.271 e. The Morgan fingerprint density at radius 2 is 1.68 bits per heavy atom. The topological polar surface area (TPSA) is 137 Å². The van der Waals surface area contributed by atoms with E-state index in [2.05, 4.69) is 10.6 Å². The molecule has 0 aliphatic heterocycles. The van der Waals surface area contributed by atoms with Crippen LogP contribution in [0.5, 0.6) is 5.75 Å². The Hall–Kier alpha value is -3.86. The van der Waals surface area contributed by atoms with Gasteiger partial charge < -0.3 is 10.1 Å². The van der Waals surface area contributed by atoms with Gasteiger partial charge in [-0.25, -0.2) is 0 Å². The monoisotopic (exact) mass is 402 g/mol. The number of ether oxygens (including phenoxy) is 1. The largest absolute Gasteiger partial charge is 0.495 e. The number of carbonyl (C=O) groups excluding carboxylic acids is 1. The fourth-order valence-electron chi connectivity index (χ4n) is 2.09. The Morgan fingerprint density at radius 3 is 2.25 bits per heavy atom. The minimum atomic E-state index is -0.570. The van der Waals surface area contributed by atoms with Crippen LogP contribution in [0.4, 0.5) is 17.1 Å². The molecule has 0 aromatic heterocycles. The molecule has 2 aromatic carbocycles. The zero-order valence-electron chi connectivity index (χ0n) is 14.4. The number of rotatable bonds is 6. The molecule has 11 heteroatoms. The highest BCUT2D eigenvalue weighted by Crippen LogP contribution is 2.28. The Bertz CT molecular complexity index is 959. The molecule has 0 saturated heterocycles. The van der Waals surface area contributed by atoms with E-state index >= 15 is 0 Å². The molecule has 0 radical (unpaired) electrons. The van der Waals surface area contributed by atoms with Gasteiger partial charge in [-0.2, -0.15) is 0 Å². The summed E-state index contributed by atoms with van der Waals surface area (Å²) in [5.74, 6) is -0.246. The maximum absolute atomic E-state index is 11.9. The van der Waals surface area contributed by atoms with E-state index in [9.17, 15) is 25.0 Å². The van der Waals surface area contributed by atoms with E-state index in [4.69, 9.17) is 17.0 Å². The summed E-state index contributed by atoms with van der Waals surface area (Å²) in [5, 5.41) is 26.5. The number of nitro groups is 2. The van der Waals surface area contributed by atoms with E-state index < -0.39 is 15.8 Å². The van der Waals surface area contributed by atoms with E-state index in [1.54, 1.807) is 0 Å². The van der Waals surface area contributed by atoms with Crippen molar-refractivity contribution in [2.45, 2.75) is 0 Å². The van der Waals surface area contributed by atoms with Gasteiger partial charge in [0.1, 0.15) is 5.75 Å². The Kier molecular flexibility index (Phi) is 6.71. The lowest BCUT2D eigenvalue weighted by Gasteiger charge is -2.11. The molecular weight excluding hydrogens is 388 g/mol. The molecule has 144 valence electrons. The molecule has 2 N–H and O–H groups in total. The number of nitro benzene ring substituents is 2. The zero-order valence-corrected chi connectivity index (χ0v) is 15.3. The number of benzene rings is 2. The summed E-state index contributed by atoms with van der Waals surface area (Å²) in [7, 11) is 1.39. The van der Waals surface area contributed by atoms with Crippen molar-refractivity contribution in [3.63, 3.8) is 0 Å². The van der Waals surface area contributed by atoms with Crippen LogP contribution in [0.1, 0.15) is 5.56 Å². The van der Waals surface area contributed by atoms with E-state index in [0.29, 0.717) is 11.3 Å². The normalized spacial score (nSPS) is 10.3. The Balaban J connectivity index is 2.00. The number of amides is 1. The van der Waals surface area contributed by atoms with Crippen molar-refractivity contribution in [2.24, 2.45) is 0 Å². The number of hydrogen-bond acceptors (Lipinski definition) is 7. The van der Waals surface area contributed by atoms with Gasteiger partial charge >= 0.3 is 0 Å². The standard InChI is InChI=1S/C17H14N4O6S/c1-27-15-8-7-13(21(25)26)10-14(15)18-17(28)19-16(22)9-4-11-2-5-12(6-3-11)20(23)24/h2-10H,1H3,(H2,18,19,22,28)/b9-4+. The fourth-order valence-corrected chi connectivity index (χ4v) is 2.30. The molecule has 2 rings (SSSR count). The summed E-state index contributed by atoms with van der Waals surface area (Å²) in [6.45, 7) is 0. The lowest BCUT2D eigenvalue weighted by molar-refractivity contribution is -0.385. The second-order valence-corrected chi connectivity index (χ2v) is 5.68. The number of nitrogens with zero attached hydrogens (tertiary/aromatic N) is 2. The van der Waals surface area contributed by atoms with Gasteiger partial charge in [-0.15, -0.1) is 0 Å². The zero-order chi connectivity index (χ0) is 20.7. The van der Waals surface area contributed by atoms with Crippen molar-refractivity contribution in [1.29, 1.82) is 0 Å². The van der Waals surface area contributed by atoms with Crippen LogP contribution in [0.2, 0.25) is 0 Å². The predicted octanol–water partition coefficient (Wildman–Crippen LogP) is 3.04. The van der Waals surface area contributed by atoms with Crippen LogP contribution in [0.3, 0.4) is 0 Å². The summed E-state index contributed by atoms with van der Waals surface area (Å²) >= 11 is 5.03. The van der Waals surface area contributed by atoms with Crippen molar-refractivity contribution in [2.75, 3.05) is 12.4 Å². The summed E-state index contributed by atoms with van der Waals surface area (Å²) in [5.41, 5.74) is 0.578. The van der Waals surface area contributed by atoms with Gasteiger partial charge in [0.25, 0.3) is 11.4 Å². The highest BCUT2D eigenvalue weighted by atomic mass is 32.1. The van der Waals surface area contributed by atoms with E-state index in [1.807, 2.05) is 0 Å². The molecule has 0 bridgehead atoms. The van der Waals surface area contributed by atoms with Crippen molar-refractivity contribution >= 4 is 46.4 Å². The van der Waals surface area contributed by atoms with Gasteiger partial charge in [-0.05, 0) is 42.1 Å². The average Bonchev–Trinajstić information content (AvgIpc) is 2.66. The van der Waals surface area contributed by atoms with Crippen LogP contribution in [0.15, 0.2) is 48.5 Å². The maximum atomic E-state index is 11.9. The van der Waals surface area contributed by atoms with E-state index in [0.717, 1.165) is 0 Å². The lowest BCUT2D eigenvalue weighted by atomic mass is 10.2. The van der Waals surface area contributed by atoms with Gasteiger partial charge in [0.05, 0.1) is 22.6 Å². The number of hydrogen-bond donors (Lipinski definition) is 2. The molecule has 0 aliphatic carbocycles. The summed E-state index contributed by atoms with van der Waals surface area (Å²) < 4.78 is 5.10. The van der Waals surface area contributed by atoms with Gasteiger partial charge in [-0.3, -0.25) is 30.3 Å². The molecule has 0 heterocycles. The van der Waals surface area contributed by atoms with Gasteiger partial charge in [0.15, 0.2) is 5.11 Å². The molecule has 1 amide bonds. The number of methoxy groups -OCH3 is 1. The summed E-state index contributed by atoms with van der Waals surface area (Å²) in [6, 6.07) is 9.53. The molecule has 0 fully saturated rings. The van der Waals surface area contributed by atoms with Gasteiger partial charge in [-0.1, -0.05) is 0 Å². The Labute approximate surface area is 164 Å². The fraction of sp³-hybridized carbons (Fsp3) is 0.0588. The second-order valence-electron chi connectivity index (χ2n) is 5.27. The number of non-ortho nitro benzene ring substituents is 2. The first kappa shape index (κ1) is 20.5. The summed E-state index contributed by atoms with van der Waals surface area (Å²) in [6.07, 6.45) is 2.65. The SMILES string of the molecule is COc1ccc([N+](=O)[O-])cc1NC(=S)NC(=O)/C=C/c1ccc([N+](=O)[O-])cc1. The van der Waals surface area contributed by atoms with Gasteiger partial charge in [0.2, 0.25) is 5.91 Å². The first-order valence-electron chi connectivity index (χ1n) is 7.67. The first-order chi connectivity index (χ1) is 13.3. The highest BCUT2D eigenvalue weighted by molar-refractivity contribution is 7.80. The quantitative estimate of drug-likeness (QED) is 0.326. The molecule has 0 saturated carbocycles. The van der Waals surface area contributed by atoms with Crippen LogP contribution < -0.4 is 15.4 Å². The van der Waals surface area contributed by atoms with Crippen LogP contribution in [-0.4, -0.2) is 28.0 Å². The third kappa shape index (κ3) is 5.57. The minimum Gasteiger partial charge on any atom is -0.495 e. The van der Waals surface area contributed by atoms with E-state index in [-0.39, 0.29) is 22.2 Å². The van der Waals surface area contributed by atoms with Crippen molar-refractivity contribution in [1.82, 2.24) is 5.32 Å². The number of anilines is 1. The molecular formula is C17H14N4O6S. The average molecular weight is 402 g/mol. The van der Waals surface area contributed by atoms with Crippen molar-refractivity contribution in [3.8, 4) is 5.75 Å². The van der Waals surface area contributed by atoms with Crippen molar-refractivity contribution < 1.29 is 19.4 Å². The summed E-state index contributed by atoms with van der Waals surface area (Å²) in [4.78, 5) is 32.3. The number of nitrogens with one attached hydrogen (secondary N) is 2. The lowest BCUT2D eigenvalue weighted by Crippen LogP contribution is -2.32. The molecule has 0 unspecified atom stereocenters. The Morgan fingerprint density at radius 1 is 1.07 bits per heavy atom. The molecule has 28 heavy (non-hydrogen) atoms. The molecule has 0 spiro atoms. The number of thiocarbonyl (C=S) groups is 1. The molecule has 10 nitrogen and oxygen atoms in total. The first-order valence-corrected chi connectivity index (χ1v) is 8.08. The third-order valence-corrected chi connectivity index (χ3v) is 3.61. The van der Waals surface area contributed by atoms with Crippen LogP contribution in [-0.2, 0) is 4.79 Å². The maximum Gasteiger partial charge on any atom is 0.271 e.